The first-order chi connectivity index (χ1) is 23.6. The van der Waals surface area contributed by atoms with E-state index in [4.69, 9.17) is 9.97 Å². The summed E-state index contributed by atoms with van der Waals surface area (Å²) in [7, 11) is 0. The molecule has 10 rings (SSSR count). The monoisotopic (exact) mass is 613 g/mol. The molecule has 9 aromatic rings. The van der Waals surface area contributed by atoms with E-state index in [-0.39, 0.29) is 5.41 Å². The number of hydrogen-bond acceptors (Lipinski definition) is 2. The van der Waals surface area contributed by atoms with Gasteiger partial charge >= 0.3 is 0 Å². The molecule has 226 valence electrons. The van der Waals surface area contributed by atoms with Gasteiger partial charge in [0, 0.05) is 21.8 Å². The molecule has 0 amide bonds. The third kappa shape index (κ3) is 3.76. The molecule has 1 aliphatic rings. The minimum absolute atomic E-state index is 0.0990. The Kier molecular flexibility index (Phi) is 5.63. The molecule has 0 spiro atoms. The van der Waals surface area contributed by atoms with Crippen LogP contribution < -0.4 is 0 Å². The predicted molar refractivity (Wildman–Crippen MR) is 200 cm³/mol. The van der Waals surface area contributed by atoms with Crippen molar-refractivity contribution in [2.24, 2.45) is 0 Å². The number of nitrogens with zero attached hydrogens (tertiary/aromatic N) is 3. The number of para-hydroxylation sites is 3. The molecule has 0 saturated carbocycles. The highest BCUT2D eigenvalue weighted by Crippen LogP contribution is 2.52. The van der Waals surface area contributed by atoms with Crippen molar-refractivity contribution in [1.29, 1.82) is 0 Å². The van der Waals surface area contributed by atoms with Crippen molar-refractivity contribution in [1.82, 2.24) is 14.5 Å². The maximum absolute atomic E-state index is 5.39. The van der Waals surface area contributed by atoms with Gasteiger partial charge in [-0.05, 0) is 74.5 Å². The van der Waals surface area contributed by atoms with E-state index in [9.17, 15) is 0 Å². The normalized spacial score (nSPS) is 13.4. The molecule has 0 radical (unpaired) electrons. The molecule has 2 aromatic heterocycles. The van der Waals surface area contributed by atoms with Gasteiger partial charge in [0.25, 0.3) is 0 Å². The first-order valence-electron chi connectivity index (χ1n) is 16.6. The molecule has 0 bridgehead atoms. The summed E-state index contributed by atoms with van der Waals surface area (Å²) < 4.78 is 2.33. The summed E-state index contributed by atoms with van der Waals surface area (Å²) in [5.74, 6) is 0.832. The van der Waals surface area contributed by atoms with Gasteiger partial charge in [-0.25, -0.2) is 9.97 Å². The molecule has 3 nitrogen and oxygen atoms in total. The quantitative estimate of drug-likeness (QED) is 0.198. The van der Waals surface area contributed by atoms with Crippen LogP contribution in [0.3, 0.4) is 0 Å². The van der Waals surface area contributed by atoms with Crippen LogP contribution in [-0.4, -0.2) is 14.5 Å². The number of benzene rings is 7. The van der Waals surface area contributed by atoms with E-state index in [1.165, 1.54) is 49.4 Å². The summed E-state index contributed by atoms with van der Waals surface area (Å²) in [6, 6.07) is 54.3. The van der Waals surface area contributed by atoms with Crippen molar-refractivity contribution in [3.05, 3.63) is 163 Å². The van der Waals surface area contributed by atoms with Crippen LogP contribution in [0.2, 0.25) is 0 Å². The summed E-state index contributed by atoms with van der Waals surface area (Å²) >= 11 is 0. The summed E-state index contributed by atoms with van der Waals surface area (Å²) in [5.41, 5.74) is 13.6. The number of fused-ring (bicyclic) bond motifs is 10. The fraction of sp³-hybridized carbons (Fsp3) is 0.0667. The van der Waals surface area contributed by atoms with Gasteiger partial charge in [0.1, 0.15) is 5.69 Å². The first-order valence-corrected chi connectivity index (χ1v) is 16.6. The second-order valence-corrected chi connectivity index (χ2v) is 13.4. The van der Waals surface area contributed by atoms with Crippen molar-refractivity contribution in [3.63, 3.8) is 0 Å². The van der Waals surface area contributed by atoms with E-state index in [2.05, 4.69) is 158 Å². The third-order valence-electron chi connectivity index (χ3n) is 10.4. The Hall–Kier alpha value is -6.06. The van der Waals surface area contributed by atoms with E-state index < -0.39 is 0 Å². The molecular formula is C45H31N3. The van der Waals surface area contributed by atoms with Crippen LogP contribution in [0.1, 0.15) is 25.0 Å². The smallest absolute Gasteiger partial charge is 0.165 e. The predicted octanol–water partition coefficient (Wildman–Crippen LogP) is 11.5. The van der Waals surface area contributed by atoms with Gasteiger partial charge in [0.05, 0.1) is 22.1 Å². The molecule has 7 aromatic carbocycles. The van der Waals surface area contributed by atoms with Gasteiger partial charge in [-0.15, -0.1) is 0 Å². The average molecular weight is 614 g/mol. The molecule has 0 atom stereocenters. The Bertz CT molecular complexity index is 2750. The zero-order valence-electron chi connectivity index (χ0n) is 26.8. The minimum atomic E-state index is -0.0990. The van der Waals surface area contributed by atoms with Crippen LogP contribution in [0, 0.1) is 0 Å². The van der Waals surface area contributed by atoms with Crippen molar-refractivity contribution in [2.75, 3.05) is 0 Å². The Morgan fingerprint density at radius 3 is 2.04 bits per heavy atom. The average Bonchev–Trinajstić information content (AvgIpc) is 3.60. The standard InChI is InChI=1S/C45H31N3/c1-45(2)36-19-8-6-17-31(36)33-24-23-32-34(42(33)45)25-26-40-41(32)35-18-7-11-22-39(35)48(40)44-43(46-37-20-9-10-21-38(37)47-44)30-16-12-15-29(27-30)28-13-4-3-5-14-28/h3-27H,1-2H3. The maximum atomic E-state index is 5.39. The molecular weight excluding hydrogens is 583 g/mol. The Morgan fingerprint density at radius 2 is 1.17 bits per heavy atom. The van der Waals surface area contributed by atoms with Crippen LogP contribution in [0.5, 0.6) is 0 Å². The van der Waals surface area contributed by atoms with Crippen LogP contribution >= 0.6 is 0 Å². The van der Waals surface area contributed by atoms with E-state index in [1.54, 1.807) is 0 Å². The lowest BCUT2D eigenvalue weighted by Crippen LogP contribution is -2.15. The molecule has 0 saturated heterocycles. The van der Waals surface area contributed by atoms with Crippen LogP contribution in [0.25, 0.3) is 82.9 Å². The summed E-state index contributed by atoms with van der Waals surface area (Å²) in [6.07, 6.45) is 0. The second-order valence-electron chi connectivity index (χ2n) is 13.4. The largest absolute Gasteiger partial charge is 0.292 e. The Balaban J connectivity index is 1.29. The lowest BCUT2D eigenvalue weighted by molar-refractivity contribution is 0.666. The number of rotatable bonds is 3. The molecule has 0 fully saturated rings. The molecule has 2 heterocycles. The fourth-order valence-electron chi connectivity index (χ4n) is 8.21. The Morgan fingerprint density at radius 1 is 0.479 bits per heavy atom. The van der Waals surface area contributed by atoms with Crippen LogP contribution in [-0.2, 0) is 5.41 Å². The molecule has 0 unspecified atom stereocenters. The van der Waals surface area contributed by atoms with E-state index in [0.717, 1.165) is 44.7 Å². The molecule has 0 N–H and O–H groups in total. The minimum Gasteiger partial charge on any atom is -0.292 e. The summed E-state index contributed by atoms with van der Waals surface area (Å²) in [4.78, 5) is 10.7. The van der Waals surface area contributed by atoms with Crippen LogP contribution in [0.4, 0.5) is 0 Å². The van der Waals surface area contributed by atoms with Crippen molar-refractivity contribution in [2.45, 2.75) is 19.3 Å². The highest BCUT2D eigenvalue weighted by Gasteiger charge is 2.37. The zero-order chi connectivity index (χ0) is 32.0. The van der Waals surface area contributed by atoms with Crippen molar-refractivity contribution < 1.29 is 0 Å². The van der Waals surface area contributed by atoms with Crippen molar-refractivity contribution in [3.8, 4) is 39.3 Å². The summed E-state index contributed by atoms with van der Waals surface area (Å²) in [6.45, 7) is 4.73. The topological polar surface area (TPSA) is 30.7 Å². The highest BCUT2D eigenvalue weighted by atomic mass is 15.1. The zero-order valence-corrected chi connectivity index (χ0v) is 26.8. The fourth-order valence-corrected chi connectivity index (χ4v) is 8.21. The maximum Gasteiger partial charge on any atom is 0.165 e. The van der Waals surface area contributed by atoms with E-state index in [0.29, 0.717) is 0 Å². The van der Waals surface area contributed by atoms with Gasteiger partial charge < -0.3 is 0 Å². The highest BCUT2D eigenvalue weighted by molar-refractivity contribution is 6.23. The van der Waals surface area contributed by atoms with Crippen molar-refractivity contribution >= 4 is 43.6 Å². The summed E-state index contributed by atoms with van der Waals surface area (Å²) in [5, 5.41) is 5.04. The lowest BCUT2D eigenvalue weighted by Gasteiger charge is -2.23. The third-order valence-corrected chi connectivity index (χ3v) is 10.4. The van der Waals surface area contributed by atoms with E-state index in [1.807, 2.05) is 12.1 Å². The van der Waals surface area contributed by atoms with Gasteiger partial charge in [0.15, 0.2) is 5.82 Å². The van der Waals surface area contributed by atoms with Crippen LogP contribution in [0.15, 0.2) is 152 Å². The van der Waals surface area contributed by atoms with Gasteiger partial charge in [-0.1, -0.05) is 135 Å². The van der Waals surface area contributed by atoms with Gasteiger partial charge in [-0.3, -0.25) is 4.57 Å². The van der Waals surface area contributed by atoms with Gasteiger partial charge in [-0.2, -0.15) is 0 Å². The van der Waals surface area contributed by atoms with Gasteiger partial charge in [0.2, 0.25) is 0 Å². The molecule has 1 aliphatic carbocycles. The lowest BCUT2D eigenvalue weighted by atomic mass is 9.80. The SMILES string of the molecule is CC1(C)c2ccccc2-c2ccc3c(ccc4c3c3ccccc3n4-c3nc4ccccc4nc3-c3cccc(-c4ccccc4)c3)c21. The van der Waals surface area contributed by atoms with E-state index >= 15 is 0 Å². The first kappa shape index (κ1) is 27.1. The second kappa shape index (κ2) is 9.97. The number of aromatic nitrogens is 3. The molecule has 0 aliphatic heterocycles. The number of hydrogen-bond donors (Lipinski definition) is 0. The molecule has 3 heteroatoms. The Labute approximate surface area is 278 Å². The molecule has 48 heavy (non-hydrogen) atoms.